The van der Waals surface area contributed by atoms with E-state index in [4.69, 9.17) is 0 Å². The predicted octanol–water partition coefficient (Wildman–Crippen LogP) is 4.18. The van der Waals surface area contributed by atoms with Crippen LogP contribution in [0, 0.1) is 21.3 Å². The summed E-state index contributed by atoms with van der Waals surface area (Å²) in [7, 11) is 0. The fraction of sp³-hybridized carbons (Fsp3) is 0.632. The van der Waals surface area contributed by atoms with Crippen molar-refractivity contribution in [2.24, 2.45) is 17.8 Å². The van der Waals surface area contributed by atoms with Crippen molar-refractivity contribution in [3.63, 3.8) is 0 Å². The van der Waals surface area contributed by atoms with Crippen LogP contribution in [0.3, 0.4) is 0 Å². The average molecular weight is 424 g/mol. The summed E-state index contributed by atoms with van der Waals surface area (Å²) in [6.07, 6.45) is 7.85. The number of carbonyl (C=O) groups excluding carboxylic acids is 1. The predicted molar refractivity (Wildman–Crippen MR) is 101 cm³/mol. The van der Waals surface area contributed by atoms with Gasteiger partial charge in [0.05, 0.1) is 0 Å². The van der Waals surface area contributed by atoms with Gasteiger partial charge in [0.15, 0.2) is 0 Å². The Morgan fingerprint density at radius 3 is 2.13 bits per heavy atom. The highest BCUT2D eigenvalue weighted by Gasteiger charge is 2.51. The van der Waals surface area contributed by atoms with Crippen LogP contribution in [0.25, 0.3) is 0 Å². The second-order valence-electron chi connectivity index (χ2n) is 8.06. The van der Waals surface area contributed by atoms with E-state index in [1.807, 2.05) is 19.1 Å². The number of carbonyl (C=O) groups is 1. The van der Waals surface area contributed by atoms with Gasteiger partial charge in [-0.3, -0.25) is 4.79 Å². The third-order valence-electron chi connectivity index (χ3n) is 6.05. The Morgan fingerprint density at radius 1 is 1.09 bits per heavy atom. The minimum Gasteiger partial charge on any atom is -0.374 e. The molecule has 0 spiro atoms. The molecule has 4 saturated carbocycles. The molecule has 0 aliphatic heterocycles. The quantitative estimate of drug-likeness (QED) is 0.713. The molecule has 23 heavy (non-hydrogen) atoms. The maximum Gasteiger partial charge on any atom is 0.242 e. The minimum atomic E-state index is -0.192. The fourth-order valence-electron chi connectivity index (χ4n) is 5.49. The van der Waals surface area contributed by atoms with Crippen LogP contribution in [0.2, 0.25) is 0 Å². The minimum absolute atomic E-state index is 0.105. The number of hydrogen-bond donors (Lipinski definition) is 2. The molecule has 0 radical (unpaired) electrons. The van der Waals surface area contributed by atoms with Crippen LogP contribution >= 0.6 is 22.6 Å². The molecule has 5 rings (SSSR count). The van der Waals surface area contributed by atoms with Gasteiger partial charge in [0, 0.05) is 14.8 Å². The first-order valence-electron chi connectivity index (χ1n) is 8.85. The molecule has 1 aromatic carbocycles. The van der Waals surface area contributed by atoms with E-state index in [2.05, 4.69) is 45.4 Å². The van der Waals surface area contributed by atoms with E-state index in [0.717, 1.165) is 23.4 Å². The first kappa shape index (κ1) is 15.7. The van der Waals surface area contributed by atoms with Crippen molar-refractivity contribution in [1.82, 2.24) is 5.32 Å². The number of halogens is 1. The molecule has 0 unspecified atom stereocenters. The van der Waals surface area contributed by atoms with E-state index >= 15 is 0 Å². The van der Waals surface area contributed by atoms with Crippen LogP contribution in [0.4, 0.5) is 5.69 Å². The van der Waals surface area contributed by atoms with Crippen LogP contribution in [0.1, 0.15) is 45.4 Å². The number of amides is 1. The van der Waals surface area contributed by atoms with Gasteiger partial charge in [0.25, 0.3) is 0 Å². The van der Waals surface area contributed by atoms with Crippen LogP contribution < -0.4 is 10.6 Å². The number of anilines is 1. The maximum absolute atomic E-state index is 12.7. The van der Waals surface area contributed by atoms with Gasteiger partial charge in [-0.05, 0) is 110 Å². The Kier molecular flexibility index (Phi) is 4.06. The Balaban J connectivity index is 1.40. The summed E-state index contributed by atoms with van der Waals surface area (Å²) in [5.41, 5.74) is 1.12. The molecule has 2 N–H and O–H groups in total. The molecule has 4 heteroatoms. The Hall–Kier alpha value is -0.780. The number of hydrogen-bond acceptors (Lipinski definition) is 2. The molecule has 1 atom stereocenters. The molecule has 4 bridgehead atoms. The number of rotatable bonds is 4. The summed E-state index contributed by atoms with van der Waals surface area (Å²) in [5, 5.41) is 6.79. The lowest BCUT2D eigenvalue weighted by molar-refractivity contribution is -0.127. The zero-order valence-corrected chi connectivity index (χ0v) is 15.8. The van der Waals surface area contributed by atoms with Gasteiger partial charge in [0.2, 0.25) is 5.91 Å². The smallest absolute Gasteiger partial charge is 0.242 e. The molecule has 1 amide bonds. The molecule has 1 aromatic rings. The van der Waals surface area contributed by atoms with Gasteiger partial charge in [-0.2, -0.15) is 0 Å². The molecular weight excluding hydrogens is 399 g/mol. The van der Waals surface area contributed by atoms with Crippen molar-refractivity contribution < 1.29 is 4.79 Å². The van der Waals surface area contributed by atoms with E-state index in [9.17, 15) is 4.79 Å². The van der Waals surface area contributed by atoms with Crippen LogP contribution in [-0.2, 0) is 4.79 Å². The topological polar surface area (TPSA) is 41.1 Å². The highest BCUT2D eigenvalue weighted by molar-refractivity contribution is 14.1. The van der Waals surface area contributed by atoms with Gasteiger partial charge in [-0.15, -0.1) is 0 Å². The lowest BCUT2D eigenvalue weighted by atomic mass is 9.53. The molecule has 4 fully saturated rings. The van der Waals surface area contributed by atoms with Crippen molar-refractivity contribution >= 4 is 34.2 Å². The summed E-state index contributed by atoms with van der Waals surface area (Å²) in [6.45, 7) is 1.97. The Bertz CT molecular complexity index is 563. The summed E-state index contributed by atoms with van der Waals surface area (Å²) in [4.78, 5) is 12.7. The van der Waals surface area contributed by atoms with Gasteiger partial charge in [-0.1, -0.05) is 0 Å². The molecule has 0 heterocycles. The van der Waals surface area contributed by atoms with Gasteiger partial charge < -0.3 is 10.6 Å². The van der Waals surface area contributed by atoms with E-state index < -0.39 is 0 Å². The maximum atomic E-state index is 12.7. The zero-order valence-electron chi connectivity index (χ0n) is 13.6. The largest absolute Gasteiger partial charge is 0.374 e. The van der Waals surface area contributed by atoms with E-state index in [-0.39, 0.29) is 17.5 Å². The van der Waals surface area contributed by atoms with Gasteiger partial charge in [-0.25, -0.2) is 0 Å². The van der Waals surface area contributed by atoms with Crippen LogP contribution in [0.15, 0.2) is 24.3 Å². The monoisotopic (exact) mass is 424 g/mol. The first-order chi connectivity index (χ1) is 11.0. The summed E-state index contributed by atoms with van der Waals surface area (Å²) in [6, 6.07) is 8.01. The normalized spacial score (nSPS) is 35.8. The van der Waals surface area contributed by atoms with Crippen molar-refractivity contribution in [3.8, 4) is 0 Å². The van der Waals surface area contributed by atoms with Crippen molar-refractivity contribution in [3.05, 3.63) is 27.8 Å². The highest BCUT2D eigenvalue weighted by atomic mass is 127. The Morgan fingerprint density at radius 2 is 1.61 bits per heavy atom. The van der Waals surface area contributed by atoms with Crippen LogP contribution in [0.5, 0.6) is 0 Å². The van der Waals surface area contributed by atoms with Gasteiger partial charge in [0.1, 0.15) is 6.04 Å². The molecule has 4 aliphatic rings. The van der Waals surface area contributed by atoms with E-state index in [1.165, 1.54) is 42.1 Å². The third kappa shape index (κ3) is 3.24. The fourth-order valence-corrected chi connectivity index (χ4v) is 5.85. The van der Waals surface area contributed by atoms with E-state index in [1.54, 1.807) is 0 Å². The van der Waals surface area contributed by atoms with Crippen molar-refractivity contribution in [2.45, 2.75) is 57.0 Å². The summed E-state index contributed by atoms with van der Waals surface area (Å²) < 4.78 is 1.21. The number of benzene rings is 1. The molecule has 0 saturated heterocycles. The zero-order chi connectivity index (χ0) is 16.0. The third-order valence-corrected chi connectivity index (χ3v) is 6.77. The van der Waals surface area contributed by atoms with Crippen molar-refractivity contribution in [2.75, 3.05) is 5.32 Å². The number of nitrogens with one attached hydrogen (secondary N) is 2. The molecular formula is C19H25IN2O. The lowest BCUT2D eigenvalue weighted by Gasteiger charge is -2.57. The Labute approximate surface area is 152 Å². The molecule has 0 aromatic heterocycles. The molecule has 124 valence electrons. The van der Waals surface area contributed by atoms with Gasteiger partial charge >= 0.3 is 0 Å². The van der Waals surface area contributed by atoms with E-state index in [0.29, 0.717) is 0 Å². The standard InChI is InChI=1S/C19H25IN2O/c1-12(21-17-4-2-16(20)3-5-17)18(23)22-19-9-13-6-14(10-19)8-15(7-13)11-19/h2-5,12-15,21H,6-11H2,1H3,(H,22,23)/t12-,13?,14?,15?,19?/m1/s1. The first-order valence-corrected chi connectivity index (χ1v) is 9.93. The second-order valence-corrected chi connectivity index (χ2v) is 9.31. The summed E-state index contributed by atoms with van der Waals surface area (Å²) in [5.74, 6) is 2.74. The second kappa shape index (κ2) is 5.94. The summed E-state index contributed by atoms with van der Waals surface area (Å²) >= 11 is 2.29. The van der Waals surface area contributed by atoms with Crippen molar-refractivity contribution in [1.29, 1.82) is 0 Å². The average Bonchev–Trinajstić information content (AvgIpc) is 2.47. The molecule has 4 aliphatic carbocycles. The molecule has 3 nitrogen and oxygen atoms in total. The highest BCUT2D eigenvalue weighted by Crippen LogP contribution is 2.55. The SMILES string of the molecule is C[C@@H](Nc1ccc(I)cc1)C(=O)NC12CC3CC(CC(C3)C1)C2. The van der Waals surface area contributed by atoms with Crippen LogP contribution in [-0.4, -0.2) is 17.5 Å². The lowest BCUT2D eigenvalue weighted by Crippen LogP contribution is -2.61.